The van der Waals surface area contributed by atoms with Crippen LogP contribution in [0.25, 0.3) is 0 Å². The number of carboxylic acids is 1. The van der Waals surface area contributed by atoms with Crippen LogP contribution in [-0.2, 0) is 4.79 Å². The molecule has 0 saturated carbocycles. The number of hydrogen-bond donors (Lipinski definition) is 3. The van der Waals surface area contributed by atoms with Gasteiger partial charge in [-0.25, -0.2) is 14.6 Å². The van der Waals surface area contributed by atoms with Crippen molar-refractivity contribution in [3.05, 3.63) is 16.6 Å². The molecule has 0 saturated heterocycles. The van der Waals surface area contributed by atoms with Gasteiger partial charge in [0, 0.05) is 11.6 Å². The Bertz CT molecular complexity index is 426. The zero-order valence-corrected chi connectivity index (χ0v) is 13.1. The van der Waals surface area contributed by atoms with E-state index in [9.17, 15) is 9.59 Å². The summed E-state index contributed by atoms with van der Waals surface area (Å²) < 4.78 is 0. The molecular weight excluding hydrogens is 298 g/mol. The highest BCUT2D eigenvalue weighted by atomic mass is 32.2. The van der Waals surface area contributed by atoms with Gasteiger partial charge in [0.2, 0.25) is 0 Å². The molecule has 0 aliphatic heterocycles. The van der Waals surface area contributed by atoms with Crippen LogP contribution in [-0.4, -0.2) is 40.1 Å². The van der Waals surface area contributed by atoms with Crippen LogP contribution in [0, 0.1) is 0 Å². The molecule has 0 spiro atoms. The first-order valence-electron chi connectivity index (χ1n) is 6.26. The zero-order chi connectivity index (χ0) is 15.0. The molecule has 1 rings (SSSR count). The summed E-state index contributed by atoms with van der Waals surface area (Å²) in [5.41, 5.74) is 0. The van der Waals surface area contributed by atoms with Crippen molar-refractivity contribution in [2.45, 2.75) is 31.8 Å². The second-order valence-corrected chi connectivity index (χ2v) is 6.03. The summed E-state index contributed by atoms with van der Waals surface area (Å²) in [5, 5.41) is 17.0. The van der Waals surface area contributed by atoms with Gasteiger partial charge in [0.1, 0.15) is 11.0 Å². The number of carbonyl (C=O) groups excluding carboxylic acids is 1. The number of aliphatic carboxylic acids is 1. The van der Waals surface area contributed by atoms with Crippen LogP contribution in [0.2, 0.25) is 0 Å². The van der Waals surface area contributed by atoms with Crippen molar-refractivity contribution in [3.63, 3.8) is 0 Å². The fourth-order valence-electron chi connectivity index (χ4n) is 1.60. The van der Waals surface area contributed by atoms with Crippen LogP contribution in [0.1, 0.15) is 30.8 Å². The molecule has 1 unspecified atom stereocenters. The van der Waals surface area contributed by atoms with E-state index >= 15 is 0 Å². The van der Waals surface area contributed by atoms with Crippen LogP contribution >= 0.6 is 23.1 Å². The van der Waals surface area contributed by atoms with Gasteiger partial charge in [0.15, 0.2) is 0 Å². The number of aromatic nitrogens is 1. The van der Waals surface area contributed by atoms with Gasteiger partial charge in [-0.2, -0.15) is 11.8 Å². The number of carboxylic acid groups (broad SMARTS) is 1. The van der Waals surface area contributed by atoms with Gasteiger partial charge in [0.05, 0.1) is 6.04 Å². The third-order valence-corrected chi connectivity index (χ3v) is 4.21. The first-order valence-corrected chi connectivity index (χ1v) is 8.54. The van der Waals surface area contributed by atoms with Crippen LogP contribution in [0.15, 0.2) is 11.6 Å². The number of thiazole rings is 1. The first kappa shape index (κ1) is 16.8. The quantitative estimate of drug-likeness (QED) is 0.683. The van der Waals surface area contributed by atoms with Gasteiger partial charge in [-0.1, -0.05) is 6.92 Å². The Kier molecular flexibility index (Phi) is 7.38. The molecule has 20 heavy (non-hydrogen) atoms. The molecule has 0 radical (unpaired) electrons. The number of urea groups is 1. The average Bonchev–Trinajstić information content (AvgIpc) is 2.94. The summed E-state index contributed by atoms with van der Waals surface area (Å²) in [6, 6.07) is -1.53. The molecule has 1 aromatic heterocycles. The Morgan fingerprint density at radius 1 is 1.50 bits per heavy atom. The Balaban J connectivity index is 2.53. The van der Waals surface area contributed by atoms with Crippen molar-refractivity contribution in [2.75, 3.05) is 12.0 Å². The van der Waals surface area contributed by atoms with E-state index in [1.54, 1.807) is 18.0 Å². The molecule has 1 aromatic rings. The lowest BCUT2D eigenvalue weighted by Crippen LogP contribution is -2.47. The number of rotatable bonds is 8. The van der Waals surface area contributed by atoms with Crippen LogP contribution in [0.3, 0.4) is 0 Å². The number of hydrogen-bond acceptors (Lipinski definition) is 5. The Morgan fingerprint density at radius 3 is 2.75 bits per heavy atom. The molecule has 2 atom stereocenters. The molecule has 0 bridgehead atoms. The third-order valence-electron chi connectivity index (χ3n) is 2.68. The van der Waals surface area contributed by atoms with Crippen LogP contribution < -0.4 is 10.6 Å². The number of thioether (sulfide) groups is 1. The van der Waals surface area contributed by atoms with E-state index < -0.39 is 18.0 Å². The molecule has 112 valence electrons. The molecule has 0 aliphatic carbocycles. The highest BCUT2D eigenvalue weighted by Gasteiger charge is 2.21. The number of nitrogens with one attached hydrogen (secondary N) is 2. The first-order chi connectivity index (χ1) is 9.58. The van der Waals surface area contributed by atoms with Crippen molar-refractivity contribution >= 4 is 35.1 Å². The number of amides is 2. The lowest BCUT2D eigenvalue weighted by Gasteiger charge is -2.18. The van der Waals surface area contributed by atoms with Gasteiger partial charge in [-0.05, 0) is 24.9 Å². The summed E-state index contributed by atoms with van der Waals surface area (Å²) >= 11 is 3.01. The average molecular weight is 317 g/mol. The van der Waals surface area contributed by atoms with E-state index in [1.807, 2.05) is 18.6 Å². The molecule has 0 aromatic carbocycles. The Labute approximate surface area is 126 Å². The fraction of sp³-hybridized carbons (Fsp3) is 0.583. The SMILES string of the molecule is CCC(NC(=O)N[C@H](CCSC)C(=O)O)c1nccs1. The van der Waals surface area contributed by atoms with E-state index in [2.05, 4.69) is 15.6 Å². The monoisotopic (exact) mass is 317 g/mol. The topological polar surface area (TPSA) is 91.3 Å². The third kappa shape index (κ3) is 5.38. The number of nitrogens with zero attached hydrogens (tertiary/aromatic N) is 1. The largest absolute Gasteiger partial charge is 0.480 e. The van der Waals surface area contributed by atoms with Crippen molar-refractivity contribution in [3.8, 4) is 0 Å². The molecule has 3 N–H and O–H groups in total. The molecular formula is C12H19N3O3S2. The lowest BCUT2D eigenvalue weighted by molar-refractivity contribution is -0.139. The number of carbonyl (C=O) groups is 2. The fourth-order valence-corrected chi connectivity index (χ4v) is 2.84. The maximum absolute atomic E-state index is 11.9. The molecule has 0 fully saturated rings. The Hall–Kier alpha value is -1.28. The van der Waals surface area contributed by atoms with E-state index in [-0.39, 0.29) is 6.04 Å². The summed E-state index contributed by atoms with van der Waals surface area (Å²) in [6.07, 6.45) is 4.68. The molecule has 1 heterocycles. The minimum absolute atomic E-state index is 0.190. The molecule has 0 aliphatic rings. The van der Waals surface area contributed by atoms with Gasteiger partial charge < -0.3 is 15.7 Å². The highest BCUT2D eigenvalue weighted by molar-refractivity contribution is 7.98. The summed E-state index contributed by atoms with van der Waals surface area (Å²) in [4.78, 5) is 27.1. The van der Waals surface area contributed by atoms with Gasteiger partial charge in [-0.15, -0.1) is 11.3 Å². The molecule has 8 heteroatoms. The van der Waals surface area contributed by atoms with Gasteiger partial charge >= 0.3 is 12.0 Å². The second kappa shape index (κ2) is 8.80. The molecule has 2 amide bonds. The van der Waals surface area contributed by atoms with Crippen LogP contribution in [0.4, 0.5) is 4.79 Å². The maximum atomic E-state index is 11.9. The van der Waals surface area contributed by atoms with E-state index in [1.165, 1.54) is 11.3 Å². The predicted molar refractivity (Wildman–Crippen MR) is 81.2 cm³/mol. The zero-order valence-electron chi connectivity index (χ0n) is 11.5. The summed E-state index contributed by atoms with van der Waals surface area (Å²) in [6.45, 7) is 1.94. The molecule has 6 nitrogen and oxygen atoms in total. The summed E-state index contributed by atoms with van der Waals surface area (Å²) in [5.74, 6) is -0.336. The highest BCUT2D eigenvalue weighted by Crippen LogP contribution is 2.18. The van der Waals surface area contributed by atoms with E-state index in [0.29, 0.717) is 18.6 Å². The Morgan fingerprint density at radius 2 is 2.25 bits per heavy atom. The van der Waals surface area contributed by atoms with E-state index in [4.69, 9.17) is 5.11 Å². The standard InChI is InChI=1S/C12H19N3O3S2/c1-3-8(10-13-5-7-20-10)14-12(18)15-9(11(16)17)4-6-19-2/h5,7-9H,3-4,6H2,1-2H3,(H,16,17)(H2,14,15,18)/t8?,9-/m1/s1. The second-order valence-electron chi connectivity index (χ2n) is 4.12. The van der Waals surface area contributed by atoms with Crippen molar-refractivity contribution in [1.82, 2.24) is 15.6 Å². The van der Waals surface area contributed by atoms with E-state index in [0.717, 1.165) is 5.01 Å². The van der Waals surface area contributed by atoms with Crippen molar-refractivity contribution < 1.29 is 14.7 Å². The smallest absolute Gasteiger partial charge is 0.326 e. The normalized spacial score (nSPS) is 13.5. The minimum atomic E-state index is -1.02. The van der Waals surface area contributed by atoms with Gasteiger partial charge in [-0.3, -0.25) is 0 Å². The maximum Gasteiger partial charge on any atom is 0.326 e. The summed E-state index contributed by atoms with van der Waals surface area (Å²) in [7, 11) is 0. The minimum Gasteiger partial charge on any atom is -0.480 e. The van der Waals surface area contributed by atoms with Crippen LogP contribution in [0.5, 0.6) is 0 Å². The van der Waals surface area contributed by atoms with Gasteiger partial charge in [0.25, 0.3) is 0 Å². The lowest BCUT2D eigenvalue weighted by atomic mass is 10.2. The predicted octanol–water partition coefficient (Wildman–Crippen LogP) is 2.10. The van der Waals surface area contributed by atoms with Crippen molar-refractivity contribution in [1.29, 1.82) is 0 Å². The van der Waals surface area contributed by atoms with Crippen molar-refractivity contribution in [2.24, 2.45) is 0 Å².